The van der Waals surface area contributed by atoms with Gasteiger partial charge in [0, 0.05) is 11.3 Å². The van der Waals surface area contributed by atoms with Gasteiger partial charge in [-0.15, -0.1) is 12.4 Å². The molecule has 2 rings (SSSR count). The predicted octanol–water partition coefficient (Wildman–Crippen LogP) is 2.00. The van der Waals surface area contributed by atoms with Crippen LogP contribution in [-0.4, -0.2) is 11.6 Å². The van der Waals surface area contributed by atoms with Gasteiger partial charge in [-0.25, -0.2) is 0 Å². The number of hydrogen-bond donors (Lipinski definition) is 0. The van der Waals surface area contributed by atoms with Crippen molar-refractivity contribution < 1.29 is 9.59 Å². The van der Waals surface area contributed by atoms with Gasteiger partial charge in [-0.1, -0.05) is 20.8 Å². The summed E-state index contributed by atoms with van der Waals surface area (Å²) in [6.45, 7) is 6.04. The Bertz CT molecular complexity index is 283. The maximum Gasteiger partial charge on any atom is 0.205 e. The van der Waals surface area contributed by atoms with Crippen molar-refractivity contribution in [3.8, 4) is 0 Å². The van der Waals surface area contributed by atoms with Crippen LogP contribution in [0.3, 0.4) is 0 Å². The lowest BCUT2D eigenvalue weighted by atomic mass is 9.70. The Balaban J connectivity index is 0.000000845. The average molecular weight is 203 g/mol. The zero-order valence-corrected chi connectivity index (χ0v) is 9.03. The Morgan fingerprint density at radius 3 is 2.00 bits per heavy atom. The summed E-state index contributed by atoms with van der Waals surface area (Å²) in [6, 6.07) is 0. The number of fused-ring (bicyclic) bond motifs is 2. The molecule has 2 aliphatic carbocycles. The van der Waals surface area contributed by atoms with E-state index in [-0.39, 0.29) is 40.7 Å². The molecule has 2 saturated carbocycles. The van der Waals surface area contributed by atoms with Crippen molar-refractivity contribution in [1.82, 2.24) is 0 Å². The molecular formula is C10H15ClO2. The fourth-order valence-electron chi connectivity index (χ4n) is 2.80. The smallest absolute Gasteiger partial charge is 0.205 e. The second kappa shape index (κ2) is 2.57. The molecule has 0 saturated heterocycles. The first-order chi connectivity index (χ1) is 5.41. The second-order valence-electron chi connectivity index (χ2n) is 4.84. The van der Waals surface area contributed by atoms with E-state index in [1.165, 1.54) is 0 Å². The summed E-state index contributed by atoms with van der Waals surface area (Å²) in [5, 5.41) is 0. The molecular weight excluding hydrogens is 188 g/mol. The first-order valence-electron chi connectivity index (χ1n) is 4.50. The van der Waals surface area contributed by atoms with Gasteiger partial charge in [-0.3, -0.25) is 9.59 Å². The lowest BCUT2D eigenvalue weighted by molar-refractivity contribution is -0.141. The van der Waals surface area contributed by atoms with E-state index in [2.05, 4.69) is 0 Å². The number of rotatable bonds is 0. The number of ketones is 2. The predicted molar refractivity (Wildman–Crippen MR) is 51.9 cm³/mol. The molecule has 0 N–H and O–H groups in total. The van der Waals surface area contributed by atoms with Crippen molar-refractivity contribution in [3.63, 3.8) is 0 Å². The Hall–Kier alpha value is -0.370. The summed E-state index contributed by atoms with van der Waals surface area (Å²) in [5.74, 6) is -0.229. The average Bonchev–Trinajstić information content (AvgIpc) is 2.26. The zero-order valence-electron chi connectivity index (χ0n) is 8.22. The monoisotopic (exact) mass is 202 g/mol. The molecule has 2 aliphatic rings. The second-order valence-corrected chi connectivity index (χ2v) is 4.84. The Morgan fingerprint density at radius 1 is 1.23 bits per heavy atom. The standard InChI is InChI=1S/C10H14O2.ClH/c1-9(2)6-4-5-10(9,3)8(12)7(6)11;/h6H,4-5H2,1-3H3;1H. The molecule has 2 fully saturated rings. The van der Waals surface area contributed by atoms with Crippen molar-refractivity contribution in [1.29, 1.82) is 0 Å². The maximum atomic E-state index is 11.6. The van der Waals surface area contributed by atoms with Gasteiger partial charge in [-0.05, 0) is 18.3 Å². The normalized spacial score (nSPS) is 40.7. The van der Waals surface area contributed by atoms with Crippen molar-refractivity contribution in [2.75, 3.05) is 0 Å². The van der Waals surface area contributed by atoms with E-state index in [9.17, 15) is 9.59 Å². The highest BCUT2D eigenvalue weighted by atomic mass is 35.5. The van der Waals surface area contributed by atoms with Crippen LogP contribution in [0.25, 0.3) is 0 Å². The summed E-state index contributed by atoms with van der Waals surface area (Å²) in [4.78, 5) is 23.0. The van der Waals surface area contributed by atoms with Crippen LogP contribution in [0.4, 0.5) is 0 Å². The van der Waals surface area contributed by atoms with E-state index < -0.39 is 0 Å². The van der Waals surface area contributed by atoms with Gasteiger partial charge in [0.05, 0.1) is 0 Å². The van der Waals surface area contributed by atoms with Crippen LogP contribution < -0.4 is 0 Å². The zero-order chi connectivity index (χ0) is 9.15. The van der Waals surface area contributed by atoms with Crippen LogP contribution in [0.1, 0.15) is 33.6 Å². The van der Waals surface area contributed by atoms with E-state index in [1.54, 1.807) is 0 Å². The highest BCUT2D eigenvalue weighted by Crippen LogP contribution is 2.61. The third-order valence-corrected chi connectivity index (χ3v) is 4.27. The number of carbonyl (C=O) groups excluding carboxylic acids is 2. The molecule has 2 atom stereocenters. The SMILES string of the molecule is CC12CCC(C(=O)C1=O)C2(C)C.Cl. The van der Waals surface area contributed by atoms with Crippen LogP contribution in [0.2, 0.25) is 0 Å². The molecule has 2 unspecified atom stereocenters. The van der Waals surface area contributed by atoms with Crippen LogP contribution in [0.15, 0.2) is 0 Å². The first kappa shape index (κ1) is 10.7. The fraction of sp³-hybridized carbons (Fsp3) is 0.800. The van der Waals surface area contributed by atoms with E-state index in [4.69, 9.17) is 0 Å². The molecule has 2 bridgehead atoms. The van der Waals surface area contributed by atoms with Crippen LogP contribution in [0, 0.1) is 16.7 Å². The largest absolute Gasteiger partial charge is 0.291 e. The molecule has 0 aromatic carbocycles. The molecule has 0 radical (unpaired) electrons. The molecule has 2 nitrogen and oxygen atoms in total. The van der Waals surface area contributed by atoms with Crippen LogP contribution >= 0.6 is 12.4 Å². The number of carbonyl (C=O) groups is 2. The Morgan fingerprint density at radius 2 is 1.77 bits per heavy atom. The maximum absolute atomic E-state index is 11.6. The molecule has 0 amide bonds. The van der Waals surface area contributed by atoms with Crippen LogP contribution in [0.5, 0.6) is 0 Å². The molecule has 0 heterocycles. The van der Waals surface area contributed by atoms with Gasteiger partial charge >= 0.3 is 0 Å². The summed E-state index contributed by atoms with van der Waals surface area (Å²) in [7, 11) is 0. The van der Waals surface area contributed by atoms with Crippen molar-refractivity contribution >= 4 is 24.0 Å². The summed E-state index contributed by atoms with van der Waals surface area (Å²) in [5.41, 5.74) is -0.448. The minimum absolute atomic E-state index is 0. The summed E-state index contributed by atoms with van der Waals surface area (Å²) < 4.78 is 0. The number of hydrogen-bond acceptors (Lipinski definition) is 2. The minimum atomic E-state index is -0.352. The summed E-state index contributed by atoms with van der Waals surface area (Å²) in [6.07, 6.45) is 1.81. The molecule has 0 aromatic heterocycles. The first-order valence-corrected chi connectivity index (χ1v) is 4.50. The highest BCUT2D eigenvalue weighted by Gasteiger charge is 2.66. The molecule has 3 heteroatoms. The molecule has 0 spiro atoms. The third kappa shape index (κ3) is 0.899. The van der Waals surface area contributed by atoms with Crippen LogP contribution in [-0.2, 0) is 9.59 Å². The Labute approximate surface area is 84.5 Å². The van der Waals surface area contributed by atoms with Crippen molar-refractivity contribution in [2.24, 2.45) is 16.7 Å². The van der Waals surface area contributed by atoms with E-state index in [1.807, 2.05) is 20.8 Å². The lowest BCUT2D eigenvalue weighted by Gasteiger charge is -2.31. The fourth-order valence-corrected chi connectivity index (χ4v) is 2.80. The molecule has 13 heavy (non-hydrogen) atoms. The van der Waals surface area contributed by atoms with Gasteiger partial charge in [0.25, 0.3) is 0 Å². The van der Waals surface area contributed by atoms with Gasteiger partial charge in [0.2, 0.25) is 11.6 Å². The van der Waals surface area contributed by atoms with E-state index in [0.717, 1.165) is 12.8 Å². The van der Waals surface area contributed by atoms with E-state index in [0.29, 0.717) is 0 Å². The van der Waals surface area contributed by atoms with Crippen molar-refractivity contribution in [2.45, 2.75) is 33.6 Å². The van der Waals surface area contributed by atoms with E-state index >= 15 is 0 Å². The quantitative estimate of drug-likeness (QED) is 0.563. The highest BCUT2D eigenvalue weighted by molar-refractivity contribution is 6.43. The van der Waals surface area contributed by atoms with Gasteiger partial charge in [0.1, 0.15) is 0 Å². The number of Topliss-reactive ketones (excluding diaryl/α,β-unsaturated/α-hetero) is 2. The van der Waals surface area contributed by atoms with Gasteiger partial charge in [-0.2, -0.15) is 0 Å². The third-order valence-electron chi connectivity index (χ3n) is 4.27. The molecule has 0 aliphatic heterocycles. The topological polar surface area (TPSA) is 34.1 Å². The summed E-state index contributed by atoms with van der Waals surface area (Å²) >= 11 is 0. The molecule has 0 aromatic rings. The van der Waals surface area contributed by atoms with Gasteiger partial charge < -0.3 is 0 Å². The Kier molecular flexibility index (Phi) is 2.11. The lowest BCUT2D eigenvalue weighted by Crippen LogP contribution is -2.33. The van der Waals surface area contributed by atoms with Gasteiger partial charge in [0.15, 0.2) is 0 Å². The molecule has 74 valence electrons. The van der Waals surface area contributed by atoms with Crippen molar-refractivity contribution in [3.05, 3.63) is 0 Å². The number of halogens is 1. The minimum Gasteiger partial charge on any atom is -0.291 e.